The highest BCUT2D eigenvalue weighted by molar-refractivity contribution is 7.90. The van der Waals surface area contributed by atoms with E-state index in [9.17, 15) is 13.2 Å². The van der Waals surface area contributed by atoms with Crippen LogP contribution in [0.5, 0.6) is 0 Å². The number of H-pyrrole nitrogens is 1. The molecule has 22 heavy (non-hydrogen) atoms. The average molecular weight is 322 g/mol. The summed E-state index contributed by atoms with van der Waals surface area (Å²) in [6.07, 6.45) is 1.59. The van der Waals surface area contributed by atoms with E-state index >= 15 is 0 Å². The van der Waals surface area contributed by atoms with Crippen LogP contribution < -0.4 is 5.32 Å². The van der Waals surface area contributed by atoms with Crippen molar-refractivity contribution in [1.29, 1.82) is 0 Å². The molecule has 6 nitrogen and oxygen atoms in total. The molecular formula is C15H18N2O4S. The first-order valence-corrected chi connectivity index (χ1v) is 8.61. The van der Waals surface area contributed by atoms with E-state index in [-0.39, 0.29) is 17.4 Å². The van der Waals surface area contributed by atoms with Crippen molar-refractivity contribution in [1.82, 2.24) is 4.98 Å². The summed E-state index contributed by atoms with van der Waals surface area (Å²) in [4.78, 5) is 15.5. The molecular weight excluding hydrogens is 304 g/mol. The van der Waals surface area contributed by atoms with Crippen molar-refractivity contribution in [3.63, 3.8) is 0 Å². The van der Waals surface area contributed by atoms with Crippen LogP contribution in [0.3, 0.4) is 0 Å². The van der Waals surface area contributed by atoms with Gasteiger partial charge in [-0.25, -0.2) is 8.42 Å². The third-order valence-electron chi connectivity index (χ3n) is 3.24. The van der Waals surface area contributed by atoms with E-state index in [4.69, 9.17) is 5.11 Å². The van der Waals surface area contributed by atoms with Crippen LogP contribution >= 0.6 is 0 Å². The molecule has 2 aromatic rings. The average Bonchev–Trinajstić information content (AvgIpc) is 2.80. The minimum atomic E-state index is -3.25. The van der Waals surface area contributed by atoms with Gasteiger partial charge in [0, 0.05) is 36.4 Å². The number of carbonyl (C=O) groups excluding carboxylic acids is 1. The quantitative estimate of drug-likeness (QED) is 0.777. The third kappa shape index (κ3) is 3.75. The summed E-state index contributed by atoms with van der Waals surface area (Å²) in [6, 6.07) is 7.69. The smallest absolute Gasteiger partial charge is 0.257 e. The van der Waals surface area contributed by atoms with Crippen molar-refractivity contribution < 1.29 is 18.3 Å². The van der Waals surface area contributed by atoms with E-state index in [2.05, 4.69) is 10.3 Å². The third-order valence-corrected chi connectivity index (χ3v) is 4.37. The molecule has 0 bridgehead atoms. The van der Waals surface area contributed by atoms with Gasteiger partial charge in [0.2, 0.25) is 0 Å². The Kier molecular flexibility index (Phi) is 4.68. The fourth-order valence-electron chi connectivity index (χ4n) is 2.10. The zero-order valence-electron chi connectivity index (χ0n) is 12.4. The Morgan fingerprint density at radius 1 is 1.27 bits per heavy atom. The lowest BCUT2D eigenvalue weighted by molar-refractivity contribution is 0.102. The molecule has 0 aliphatic heterocycles. The molecule has 0 spiro atoms. The molecule has 0 saturated carbocycles. The van der Waals surface area contributed by atoms with Gasteiger partial charge in [-0.05, 0) is 37.3 Å². The maximum absolute atomic E-state index is 12.2. The summed E-state index contributed by atoms with van der Waals surface area (Å²) in [5, 5.41) is 11.6. The number of aryl methyl sites for hydroxylation is 1. The number of hydrogen-bond acceptors (Lipinski definition) is 4. The second-order valence-corrected chi connectivity index (χ2v) is 7.07. The molecule has 1 heterocycles. The Hall–Kier alpha value is -2.12. The number of hydrogen-bond donors (Lipinski definition) is 3. The number of benzene rings is 1. The van der Waals surface area contributed by atoms with E-state index in [1.54, 1.807) is 25.1 Å². The summed E-state index contributed by atoms with van der Waals surface area (Å²) in [5.74, 6) is -0.287. The van der Waals surface area contributed by atoms with Gasteiger partial charge in [0.25, 0.3) is 5.91 Å². The number of aliphatic hydroxyl groups is 1. The summed E-state index contributed by atoms with van der Waals surface area (Å²) < 4.78 is 22.8. The maximum Gasteiger partial charge on any atom is 0.257 e. The zero-order chi connectivity index (χ0) is 16.3. The number of nitrogens with one attached hydrogen (secondary N) is 2. The Morgan fingerprint density at radius 2 is 1.91 bits per heavy atom. The maximum atomic E-state index is 12.2. The number of rotatable bonds is 5. The van der Waals surface area contributed by atoms with Crippen LogP contribution in [0.2, 0.25) is 0 Å². The van der Waals surface area contributed by atoms with Crippen molar-refractivity contribution in [2.75, 3.05) is 18.2 Å². The molecule has 0 saturated heterocycles. The Labute approximate surface area is 129 Å². The van der Waals surface area contributed by atoms with Crippen molar-refractivity contribution in [2.24, 2.45) is 0 Å². The molecule has 0 fully saturated rings. The summed E-state index contributed by atoms with van der Waals surface area (Å²) in [6.45, 7) is 1.79. The molecule has 0 aliphatic carbocycles. The van der Waals surface area contributed by atoms with Gasteiger partial charge in [-0.2, -0.15) is 0 Å². The van der Waals surface area contributed by atoms with Crippen LogP contribution in [0, 0.1) is 6.92 Å². The lowest BCUT2D eigenvalue weighted by Crippen LogP contribution is -2.12. The lowest BCUT2D eigenvalue weighted by Gasteiger charge is -2.05. The molecule has 1 aromatic carbocycles. The van der Waals surface area contributed by atoms with Gasteiger partial charge in [0.1, 0.15) is 0 Å². The number of aromatic nitrogens is 1. The molecule has 118 valence electrons. The Morgan fingerprint density at radius 3 is 2.45 bits per heavy atom. The normalized spacial score (nSPS) is 11.4. The van der Waals surface area contributed by atoms with E-state index in [1.165, 1.54) is 12.1 Å². The lowest BCUT2D eigenvalue weighted by atomic mass is 10.2. The zero-order valence-corrected chi connectivity index (χ0v) is 13.2. The minimum absolute atomic E-state index is 0.00790. The number of anilines is 1. The predicted octanol–water partition coefficient (Wildman–Crippen LogP) is 1.51. The standard InChI is InChI=1S/C15H18N2O4S/c1-10-14(9-12(16-10)7-8-18)15(19)17-11-3-5-13(6-4-11)22(2,20)21/h3-6,9,16,18H,7-8H2,1-2H3,(H,17,19). The predicted molar refractivity (Wildman–Crippen MR) is 83.8 cm³/mol. The number of amides is 1. The molecule has 1 amide bonds. The fourth-order valence-corrected chi connectivity index (χ4v) is 2.73. The first kappa shape index (κ1) is 16.3. The summed E-state index contributed by atoms with van der Waals surface area (Å²) >= 11 is 0. The summed E-state index contributed by atoms with van der Waals surface area (Å²) in [7, 11) is -3.25. The minimum Gasteiger partial charge on any atom is -0.396 e. The number of sulfone groups is 1. The van der Waals surface area contributed by atoms with Gasteiger partial charge in [-0.3, -0.25) is 4.79 Å². The highest BCUT2D eigenvalue weighted by Gasteiger charge is 2.13. The van der Waals surface area contributed by atoms with E-state index in [1.807, 2.05) is 0 Å². The molecule has 3 N–H and O–H groups in total. The van der Waals surface area contributed by atoms with Crippen LogP contribution in [0.1, 0.15) is 21.7 Å². The SMILES string of the molecule is Cc1[nH]c(CCO)cc1C(=O)Nc1ccc(S(C)(=O)=O)cc1. The Balaban J connectivity index is 2.15. The Bertz CT molecular complexity index is 776. The first-order chi connectivity index (χ1) is 10.3. The van der Waals surface area contributed by atoms with Gasteiger partial charge in [-0.1, -0.05) is 0 Å². The van der Waals surface area contributed by atoms with Crippen LogP contribution in [0.4, 0.5) is 5.69 Å². The number of carbonyl (C=O) groups is 1. The van der Waals surface area contributed by atoms with Gasteiger partial charge in [-0.15, -0.1) is 0 Å². The van der Waals surface area contributed by atoms with Gasteiger partial charge < -0.3 is 15.4 Å². The van der Waals surface area contributed by atoms with Crippen LogP contribution in [-0.4, -0.2) is 37.3 Å². The van der Waals surface area contributed by atoms with E-state index in [0.717, 1.165) is 11.9 Å². The largest absolute Gasteiger partial charge is 0.396 e. The second-order valence-electron chi connectivity index (χ2n) is 5.06. The number of aromatic amines is 1. The highest BCUT2D eigenvalue weighted by Crippen LogP contribution is 2.17. The fraction of sp³-hybridized carbons (Fsp3) is 0.267. The van der Waals surface area contributed by atoms with Crippen LogP contribution in [0.15, 0.2) is 35.2 Å². The van der Waals surface area contributed by atoms with Gasteiger partial charge in [0.15, 0.2) is 9.84 Å². The molecule has 0 radical (unpaired) electrons. The van der Waals surface area contributed by atoms with E-state index in [0.29, 0.717) is 23.4 Å². The molecule has 0 aliphatic rings. The second kappa shape index (κ2) is 6.33. The first-order valence-electron chi connectivity index (χ1n) is 6.72. The number of aliphatic hydroxyl groups excluding tert-OH is 1. The van der Waals surface area contributed by atoms with Crippen molar-refractivity contribution in [2.45, 2.75) is 18.2 Å². The van der Waals surface area contributed by atoms with Crippen molar-refractivity contribution >= 4 is 21.4 Å². The van der Waals surface area contributed by atoms with Crippen LogP contribution in [-0.2, 0) is 16.3 Å². The molecule has 1 aromatic heterocycles. The molecule has 0 unspecified atom stereocenters. The van der Waals surface area contributed by atoms with E-state index < -0.39 is 9.84 Å². The molecule has 2 rings (SSSR count). The summed E-state index contributed by atoms with van der Waals surface area (Å²) in [5.41, 5.74) is 2.52. The van der Waals surface area contributed by atoms with Gasteiger partial charge >= 0.3 is 0 Å². The molecule has 0 atom stereocenters. The van der Waals surface area contributed by atoms with Crippen molar-refractivity contribution in [3.05, 3.63) is 47.3 Å². The molecule has 7 heteroatoms. The van der Waals surface area contributed by atoms with Crippen LogP contribution in [0.25, 0.3) is 0 Å². The topological polar surface area (TPSA) is 99.3 Å². The van der Waals surface area contributed by atoms with Crippen molar-refractivity contribution in [3.8, 4) is 0 Å². The highest BCUT2D eigenvalue weighted by atomic mass is 32.2. The van der Waals surface area contributed by atoms with Gasteiger partial charge in [0.05, 0.1) is 10.5 Å². The monoisotopic (exact) mass is 322 g/mol.